The van der Waals surface area contributed by atoms with Gasteiger partial charge in [-0.2, -0.15) is 0 Å². The molecular formula is C16H26N2O. The Hall–Kier alpha value is -1.09. The molecular weight excluding hydrogens is 236 g/mol. The summed E-state index contributed by atoms with van der Waals surface area (Å²) in [5.74, 6) is 2.68. The lowest BCUT2D eigenvalue weighted by atomic mass is 9.89. The molecule has 19 heavy (non-hydrogen) atoms. The summed E-state index contributed by atoms with van der Waals surface area (Å²) in [5, 5.41) is 9.51. The molecule has 3 nitrogen and oxygen atoms in total. The van der Waals surface area contributed by atoms with E-state index in [1.165, 1.54) is 19.3 Å². The summed E-state index contributed by atoms with van der Waals surface area (Å²) in [5.41, 5.74) is 0.888. The molecule has 1 unspecified atom stereocenters. The lowest BCUT2D eigenvalue weighted by molar-refractivity contribution is 0.199. The molecule has 0 spiro atoms. The van der Waals surface area contributed by atoms with Crippen molar-refractivity contribution >= 4 is 5.82 Å². The minimum Gasteiger partial charge on any atom is -0.389 e. The molecule has 0 saturated carbocycles. The van der Waals surface area contributed by atoms with Gasteiger partial charge in [0.15, 0.2) is 0 Å². The molecule has 0 radical (unpaired) electrons. The normalized spacial score (nSPS) is 22.4. The molecule has 3 heteroatoms. The molecule has 1 N–H and O–H groups in total. The first-order valence-corrected chi connectivity index (χ1v) is 7.47. The Morgan fingerprint density at radius 3 is 2.58 bits per heavy atom. The molecule has 1 saturated heterocycles. The number of aromatic nitrogens is 1. The lowest BCUT2D eigenvalue weighted by Gasteiger charge is -2.22. The van der Waals surface area contributed by atoms with E-state index >= 15 is 0 Å². The van der Waals surface area contributed by atoms with Crippen LogP contribution in [0.25, 0.3) is 0 Å². The first kappa shape index (κ1) is 14.3. The van der Waals surface area contributed by atoms with Gasteiger partial charge >= 0.3 is 0 Å². The third-order valence-corrected chi connectivity index (χ3v) is 4.29. The Balaban J connectivity index is 2.01. The van der Waals surface area contributed by atoms with E-state index in [9.17, 15) is 5.11 Å². The van der Waals surface area contributed by atoms with Crippen molar-refractivity contribution in [1.29, 1.82) is 0 Å². The van der Waals surface area contributed by atoms with Crippen LogP contribution in [0.1, 0.15) is 51.7 Å². The second-order valence-corrected chi connectivity index (χ2v) is 6.05. The van der Waals surface area contributed by atoms with Crippen molar-refractivity contribution in [3.8, 4) is 0 Å². The Bertz CT molecular complexity index is 386. The van der Waals surface area contributed by atoms with Gasteiger partial charge < -0.3 is 10.0 Å². The first-order chi connectivity index (χ1) is 9.08. The molecule has 2 rings (SSSR count). The Labute approximate surface area is 116 Å². The number of anilines is 1. The molecule has 2 atom stereocenters. The largest absolute Gasteiger partial charge is 0.389 e. The molecule has 106 valence electrons. The molecule has 1 aromatic rings. The lowest BCUT2D eigenvalue weighted by Crippen LogP contribution is -2.25. The van der Waals surface area contributed by atoms with Gasteiger partial charge in [0, 0.05) is 19.3 Å². The fourth-order valence-corrected chi connectivity index (χ4v) is 2.85. The molecule has 1 fully saturated rings. The van der Waals surface area contributed by atoms with Crippen LogP contribution in [0.5, 0.6) is 0 Å². The molecule has 2 heterocycles. The van der Waals surface area contributed by atoms with Gasteiger partial charge in [-0.1, -0.05) is 19.9 Å². The van der Waals surface area contributed by atoms with Gasteiger partial charge in [-0.25, -0.2) is 4.98 Å². The third kappa shape index (κ3) is 3.69. The minimum atomic E-state index is -0.434. The Morgan fingerprint density at radius 2 is 2.00 bits per heavy atom. The van der Waals surface area contributed by atoms with E-state index in [0.717, 1.165) is 36.3 Å². The smallest absolute Gasteiger partial charge is 0.128 e. The minimum absolute atomic E-state index is 0.434. The van der Waals surface area contributed by atoms with Gasteiger partial charge in [0.1, 0.15) is 5.82 Å². The molecule has 1 aromatic heterocycles. The van der Waals surface area contributed by atoms with Gasteiger partial charge in [-0.05, 0) is 49.7 Å². The van der Waals surface area contributed by atoms with Crippen LogP contribution in [0.3, 0.4) is 0 Å². The maximum absolute atomic E-state index is 9.51. The number of rotatable bonds is 3. The summed E-state index contributed by atoms with van der Waals surface area (Å²) in [6.07, 6.45) is 5.21. The second kappa shape index (κ2) is 6.38. The van der Waals surface area contributed by atoms with Gasteiger partial charge in [-0.15, -0.1) is 0 Å². The fourth-order valence-electron chi connectivity index (χ4n) is 2.85. The molecule has 0 amide bonds. The number of aliphatic hydroxyl groups excluding tert-OH is 1. The van der Waals surface area contributed by atoms with Crippen molar-refractivity contribution in [2.24, 2.45) is 11.8 Å². The third-order valence-electron chi connectivity index (χ3n) is 4.29. The summed E-state index contributed by atoms with van der Waals surface area (Å²) in [4.78, 5) is 6.88. The van der Waals surface area contributed by atoms with Gasteiger partial charge in [0.2, 0.25) is 0 Å². The van der Waals surface area contributed by atoms with E-state index in [-0.39, 0.29) is 0 Å². The highest BCUT2D eigenvalue weighted by atomic mass is 16.3. The highest BCUT2D eigenvalue weighted by molar-refractivity contribution is 5.39. The van der Waals surface area contributed by atoms with Crippen LogP contribution in [0, 0.1) is 11.8 Å². The van der Waals surface area contributed by atoms with Crippen LogP contribution < -0.4 is 4.90 Å². The standard InChI is InChI=1S/C16H26N2O/c1-12(2)14-5-4-9-18(10-8-14)16-7-6-15(11-17-16)13(3)19/h6-7,11-14,19H,4-5,8-10H2,1-3H3/t13-,14?/m1/s1. The second-order valence-electron chi connectivity index (χ2n) is 6.05. The summed E-state index contributed by atoms with van der Waals surface area (Å²) < 4.78 is 0. The zero-order valence-electron chi connectivity index (χ0n) is 12.3. The van der Waals surface area contributed by atoms with Gasteiger partial charge in [0.25, 0.3) is 0 Å². The van der Waals surface area contributed by atoms with Crippen LogP contribution >= 0.6 is 0 Å². The van der Waals surface area contributed by atoms with Crippen molar-refractivity contribution in [3.05, 3.63) is 23.9 Å². The van der Waals surface area contributed by atoms with E-state index in [4.69, 9.17) is 0 Å². The molecule has 1 aliphatic rings. The van der Waals surface area contributed by atoms with Crippen molar-refractivity contribution < 1.29 is 5.11 Å². The van der Waals surface area contributed by atoms with Crippen LogP contribution in [0.4, 0.5) is 5.82 Å². The Morgan fingerprint density at radius 1 is 1.21 bits per heavy atom. The topological polar surface area (TPSA) is 36.4 Å². The zero-order valence-corrected chi connectivity index (χ0v) is 12.3. The van der Waals surface area contributed by atoms with Crippen molar-refractivity contribution in [2.45, 2.75) is 46.1 Å². The summed E-state index contributed by atoms with van der Waals surface area (Å²) >= 11 is 0. The number of aliphatic hydroxyl groups is 1. The van der Waals surface area contributed by atoms with Gasteiger partial charge in [-0.3, -0.25) is 0 Å². The Kier molecular flexibility index (Phi) is 4.81. The van der Waals surface area contributed by atoms with E-state index in [1.807, 2.05) is 12.1 Å². The highest BCUT2D eigenvalue weighted by Gasteiger charge is 2.20. The predicted molar refractivity (Wildman–Crippen MR) is 79.3 cm³/mol. The quantitative estimate of drug-likeness (QED) is 0.907. The highest BCUT2D eigenvalue weighted by Crippen LogP contribution is 2.26. The average Bonchev–Trinajstić information content (AvgIpc) is 2.64. The van der Waals surface area contributed by atoms with E-state index in [1.54, 1.807) is 13.1 Å². The maximum Gasteiger partial charge on any atom is 0.128 e. The van der Waals surface area contributed by atoms with Crippen molar-refractivity contribution in [3.63, 3.8) is 0 Å². The van der Waals surface area contributed by atoms with E-state index < -0.39 is 6.10 Å². The number of pyridine rings is 1. The van der Waals surface area contributed by atoms with E-state index in [2.05, 4.69) is 23.7 Å². The zero-order chi connectivity index (χ0) is 13.8. The monoisotopic (exact) mass is 262 g/mol. The predicted octanol–water partition coefficient (Wildman–Crippen LogP) is 3.40. The van der Waals surface area contributed by atoms with Crippen LogP contribution in [-0.2, 0) is 0 Å². The first-order valence-electron chi connectivity index (χ1n) is 7.47. The summed E-state index contributed by atoms with van der Waals surface area (Å²) in [6.45, 7) is 8.63. The summed E-state index contributed by atoms with van der Waals surface area (Å²) in [6, 6.07) is 4.02. The average molecular weight is 262 g/mol. The fraction of sp³-hybridized carbons (Fsp3) is 0.688. The molecule has 0 aliphatic carbocycles. The van der Waals surface area contributed by atoms with Crippen molar-refractivity contribution in [2.75, 3.05) is 18.0 Å². The number of hydrogen-bond acceptors (Lipinski definition) is 3. The number of hydrogen-bond donors (Lipinski definition) is 1. The maximum atomic E-state index is 9.51. The van der Waals surface area contributed by atoms with Gasteiger partial charge in [0.05, 0.1) is 6.10 Å². The molecule has 1 aliphatic heterocycles. The molecule has 0 aromatic carbocycles. The summed E-state index contributed by atoms with van der Waals surface area (Å²) in [7, 11) is 0. The van der Waals surface area contributed by atoms with Crippen LogP contribution in [0.15, 0.2) is 18.3 Å². The van der Waals surface area contributed by atoms with E-state index in [0.29, 0.717) is 0 Å². The van der Waals surface area contributed by atoms with Crippen LogP contribution in [-0.4, -0.2) is 23.2 Å². The molecule has 0 bridgehead atoms. The van der Waals surface area contributed by atoms with Crippen LogP contribution in [0.2, 0.25) is 0 Å². The SMILES string of the molecule is CC(C)C1CCCN(c2ccc([C@@H](C)O)cn2)CC1. The van der Waals surface area contributed by atoms with Crippen molar-refractivity contribution in [1.82, 2.24) is 4.98 Å². The number of nitrogens with zero attached hydrogens (tertiary/aromatic N) is 2.